The van der Waals surface area contributed by atoms with Crippen LogP contribution in [0, 0.1) is 0 Å². The Hall–Kier alpha value is -3.61. The monoisotopic (exact) mass is 421 g/mol. The summed E-state index contributed by atoms with van der Waals surface area (Å²) in [6, 6.07) is 18.3. The van der Waals surface area contributed by atoms with E-state index in [1.807, 2.05) is 44.2 Å². The van der Waals surface area contributed by atoms with E-state index in [-0.39, 0.29) is 6.04 Å². The number of nitrogens with zero attached hydrogens (tertiary/aromatic N) is 2. The summed E-state index contributed by atoms with van der Waals surface area (Å²) < 4.78 is 12.8. The van der Waals surface area contributed by atoms with Crippen LogP contribution >= 0.6 is 0 Å². The Labute approximate surface area is 182 Å². The van der Waals surface area contributed by atoms with Gasteiger partial charge in [0, 0.05) is 6.07 Å². The van der Waals surface area contributed by atoms with E-state index in [4.69, 9.17) is 9.47 Å². The summed E-state index contributed by atoms with van der Waals surface area (Å²) in [5, 5.41) is 7.00. The van der Waals surface area contributed by atoms with Crippen LogP contribution in [-0.4, -0.2) is 27.8 Å². The zero-order valence-corrected chi connectivity index (χ0v) is 17.9. The summed E-state index contributed by atoms with van der Waals surface area (Å²) in [6.07, 6.45) is 1.54. The van der Waals surface area contributed by atoms with Crippen LogP contribution in [0.15, 0.2) is 66.9 Å². The summed E-state index contributed by atoms with van der Waals surface area (Å²) in [5.74, 6) is 0.223. The first-order valence-electron chi connectivity index (χ1n) is 10.3. The molecule has 1 amide bonds. The lowest BCUT2D eigenvalue weighted by Gasteiger charge is -2.17. The number of hydrogen-bond acceptors (Lipinski definition) is 5. The van der Waals surface area contributed by atoms with Crippen LogP contribution in [0.2, 0.25) is 0 Å². The molecule has 0 aliphatic rings. The van der Waals surface area contributed by atoms with E-state index < -0.39 is 18.0 Å². The van der Waals surface area contributed by atoms with Crippen LogP contribution in [0.5, 0.6) is 5.75 Å². The molecule has 0 aliphatic carbocycles. The zero-order chi connectivity index (χ0) is 22.2. The highest BCUT2D eigenvalue weighted by Crippen LogP contribution is 2.18. The van der Waals surface area contributed by atoms with Crippen LogP contribution in [0.3, 0.4) is 0 Å². The Morgan fingerprint density at radius 1 is 1.03 bits per heavy atom. The standard InChI is InChI=1S/C24H27N3O4/c1-4-17(2)27-22(14-15-25-27)26-23(28)18(3)31-24(29)20-10-12-21(13-11-20)30-16-19-8-6-5-7-9-19/h5-15,17-18H,4,16H2,1-3H3,(H,26,28)/t17-,18+/m1/s1. The Bertz CT molecular complexity index is 999. The van der Waals surface area contributed by atoms with Gasteiger partial charge in [0.1, 0.15) is 18.2 Å². The number of benzene rings is 2. The van der Waals surface area contributed by atoms with Crippen molar-refractivity contribution >= 4 is 17.7 Å². The minimum absolute atomic E-state index is 0.144. The van der Waals surface area contributed by atoms with Gasteiger partial charge in [-0.15, -0.1) is 0 Å². The molecule has 31 heavy (non-hydrogen) atoms. The van der Waals surface area contributed by atoms with Crippen molar-refractivity contribution in [3.05, 3.63) is 78.0 Å². The van der Waals surface area contributed by atoms with Gasteiger partial charge in [-0.1, -0.05) is 37.3 Å². The lowest BCUT2D eigenvalue weighted by Crippen LogP contribution is -2.31. The minimum Gasteiger partial charge on any atom is -0.489 e. The van der Waals surface area contributed by atoms with Gasteiger partial charge in [-0.3, -0.25) is 4.79 Å². The first-order chi connectivity index (χ1) is 15.0. The molecule has 2 atom stereocenters. The maximum atomic E-state index is 12.5. The fraction of sp³-hybridized carbons (Fsp3) is 0.292. The largest absolute Gasteiger partial charge is 0.489 e. The molecule has 0 unspecified atom stereocenters. The fourth-order valence-corrected chi connectivity index (χ4v) is 2.88. The van der Waals surface area contributed by atoms with E-state index in [9.17, 15) is 9.59 Å². The Balaban J connectivity index is 1.53. The van der Waals surface area contributed by atoms with Crippen molar-refractivity contribution in [3.63, 3.8) is 0 Å². The highest BCUT2D eigenvalue weighted by atomic mass is 16.5. The van der Waals surface area contributed by atoms with Gasteiger partial charge in [0.25, 0.3) is 5.91 Å². The van der Waals surface area contributed by atoms with Crippen LogP contribution in [0.25, 0.3) is 0 Å². The number of amides is 1. The molecule has 0 fully saturated rings. The van der Waals surface area contributed by atoms with Gasteiger partial charge >= 0.3 is 5.97 Å². The number of carbonyl (C=O) groups excluding carboxylic acids is 2. The van der Waals surface area contributed by atoms with Gasteiger partial charge in [0.15, 0.2) is 6.10 Å². The normalized spacial score (nSPS) is 12.6. The number of hydrogen-bond donors (Lipinski definition) is 1. The second kappa shape index (κ2) is 10.4. The molecule has 3 rings (SSSR count). The first-order valence-corrected chi connectivity index (χ1v) is 10.3. The molecule has 7 nitrogen and oxygen atoms in total. The Morgan fingerprint density at radius 3 is 2.42 bits per heavy atom. The van der Waals surface area contributed by atoms with Crippen molar-refractivity contribution < 1.29 is 19.1 Å². The quantitative estimate of drug-likeness (QED) is 0.510. The van der Waals surface area contributed by atoms with Crippen LogP contribution in [-0.2, 0) is 16.1 Å². The van der Waals surface area contributed by atoms with E-state index >= 15 is 0 Å². The van der Waals surface area contributed by atoms with E-state index in [1.54, 1.807) is 41.2 Å². The van der Waals surface area contributed by atoms with Crippen molar-refractivity contribution in [2.75, 3.05) is 5.32 Å². The number of ether oxygens (including phenoxy) is 2. The number of esters is 1. The average Bonchev–Trinajstić information content (AvgIpc) is 3.26. The molecule has 0 spiro atoms. The molecule has 0 aliphatic heterocycles. The summed E-state index contributed by atoms with van der Waals surface area (Å²) in [6.45, 7) is 6.03. The number of aromatic nitrogens is 2. The molecule has 0 saturated heterocycles. The maximum absolute atomic E-state index is 12.5. The van der Waals surface area contributed by atoms with Gasteiger partial charge < -0.3 is 14.8 Å². The van der Waals surface area contributed by atoms with Crippen LogP contribution in [0.1, 0.15) is 49.2 Å². The van der Waals surface area contributed by atoms with Crippen molar-refractivity contribution in [2.24, 2.45) is 0 Å². The number of anilines is 1. The Morgan fingerprint density at radius 2 is 1.74 bits per heavy atom. The van der Waals surface area contributed by atoms with Gasteiger partial charge in [-0.2, -0.15) is 5.10 Å². The SMILES string of the molecule is CC[C@@H](C)n1nccc1NC(=O)[C@H](C)OC(=O)c1ccc(OCc2ccccc2)cc1. The summed E-state index contributed by atoms with van der Waals surface area (Å²) in [4.78, 5) is 24.9. The van der Waals surface area contributed by atoms with Gasteiger partial charge in [-0.05, 0) is 50.1 Å². The molecule has 1 heterocycles. The molecule has 2 aromatic carbocycles. The molecule has 1 aromatic heterocycles. The first kappa shape index (κ1) is 22.1. The summed E-state index contributed by atoms with van der Waals surface area (Å²) in [5.41, 5.74) is 1.40. The molecule has 3 aromatic rings. The van der Waals surface area contributed by atoms with Crippen LogP contribution < -0.4 is 10.1 Å². The molecule has 0 bridgehead atoms. The van der Waals surface area contributed by atoms with E-state index in [2.05, 4.69) is 10.4 Å². The molecule has 1 N–H and O–H groups in total. The average molecular weight is 421 g/mol. The number of rotatable bonds is 9. The second-order valence-electron chi connectivity index (χ2n) is 7.25. The summed E-state index contributed by atoms with van der Waals surface area (Å²) >= 11 is 0. The fourth-order valence-electron chi connectivity index (χ4n) is 2.88. The third kappa shape index (κ3) is 5.94. The lowest BCUT2D eigenvalue weighted by atomic mass is 10.2. The van der Waals surface area contributed by atoms with Crippen molar-refractivity contribution in [2.45, 2.75) is 45.9 Å². The van der Waals surface area contributed by atoms with E-state index in [0.29, 0.717) is 23.7 Å². The molecule has 162 valence electrons. The zero-order valence-electron chi connectivity index (χ0n) is 17.9. The molecule has 0 radical (unpaired) electrons. The number of nitrogens with one attached hydrogen (secondary N) is 1. The van der Waals surface area contributed by atoms with Crippen LogP contribution in [0.4, 0.5) is 5.82 Å². The molecule has 7 heteroatoms. The third-order valence-electron chi connectivity index (χ3n) is 4.92. The minimum atomic E-state index is -0.957. The van der Waals surface area contributed by atoms with E-state index in [1.165, 1.54) is 6.92 Å². The second-order valence-corrected chi connectivity index (χ2v) is 7.25. The smallest absolute Gasteiger partial charge is 0.338 e. The Kier molecular flexibility index (Phi) is 7.43. The third-order valence-corrected chi connectivity index (χ3v) is 4.92. The highest BCUT2D eigenvalue weighted by molar-refractivity contribution is 5.96. The van der Waals surface area contributed by atoms with Gasteiger partial charge in [-0.25, -0.2) is 9.48 Å². The number of carbonyl (C=O) groups is 2. The summed E-state index contributed by atoms with van der Waals surface area (Å²) in [7, 11) is 0. The predicted octanol–water partition coefficient (Wildman–Crippen LogP) is 4.62. The highest BCUT2D eigenvalue weighted by Gasteiger charge is 2.21. The van der Waals surface area contributed by atoms with Crippen molar-refractivity contribution in [1.29, 1.82) is 0 Å². The molecular weight excluding hydrogens is 394 g/mol. The van der Waals surface area contributed by atoms with Gasteiger partial charge in [0.05, 0.1) is 17.8 Å². The van der Waals surface area contributed by atoms with Crippen molar-refractivity contribution in [3.8, 4) is 5.75 Å². The molecular formula is C24H27N3O4. The maximum Gasteiger partial charge on any atom is 0.338 e. The van der Waals surface area contributed by atoms with Crippen molar-refractivity contribution in [1.82, 2.24) is 9.78 Å². The van der Waals surface area contributed by atoms with Gasteiger partial charge in [0.2, 0.25) is 0 Å². The lowest BCUT2D eigenvalue weighted by molar-refractivity contribution is -0.123. The topological polar surface area (TPSA) is 82.5 Å². The predicted molar refractivity (Wildman–Crippen MR) is 118 cm³/mol. The molecule has 0 saturated carbocycles. The van der Waals surface area contributed by atoms with E-state index in [0.717, 1.165) is 12.0 Å².